The lowest BCUT2D eigenvalue weighted by atomic mass is 10.1. The van der Waals surface area contributed by atoms with Crippen LogP contribution in [-0.4, -0.2) is 34.9 Å². The summed E-state index contributed by atoms with van der Waals surface area (Å²) in [4.78, 5) is 14.8. The van der Waals surface area contributed by atoms with Crippen molar-refractivity contribution in [1.82, 2.24) is 10.2 Å². The van der Waals surface area contributed by atoms with E-state index in [2.05, 4.69) is 20.4 Å². The van der Waals surface area contributed by atoms with Gasteiger partial charge in [-0.1, -0.05) is 23.4 Å². The molecule has 30 heavy (non-hydrogen) atoms. The van der Waals surface area contributed by atoms with E-state index < -0.39 is 0 Å². The number of carbonyl (C=O) groups is 1. The molecule has 0 aliphatic carbocycles. The minimum atomic E-state index is -0.338. The van der Waals surface area contributed by atoms with Crippen molar-refractivity contribution in [2.75, 3.05) is 29.1 Å². The summed E-state index contributed by atoms with van der Waals surface area (Å²) in [5.41, 5.74) is 2.30. The molecular weight excluding hydrogens is 427 g/mol. The van der Waals surface area contributed by atoms with Crippen LogP contribution in [0.15, 0.2) is 52.1 Å². The van der Waals surface area contributed by atoms with E-state index in [0.717, 1.165) is 43.4 Å². The molecule has 1 saturated heterocycles. The van der Waals surface area contributed by atoms with E-state index in [-0.39, 0.29) is 28.6 Å². The van der Waals surface area contributed by atoms with Crippen molar-refractivity contribution in [3.63, 3.8) is 0 Å². The van der Waals surface area contributed by atoms with Crippen molar-refractivity contribution in [2.24, 2.45) is 0 Å². The minimum Gasteiger partial charge on any atom is -0.411 e. The highest BCUT2D eigenvalue weighted by Gasteiger charge is 2.17. The van der Waals surface area contributed by atoms with Crippen LogP contribution in [-0.2, 0) is 4.79 Å². The summed E-state index contributed by atoms with van der Waals surface area (Å²) in [5.74, 6) is -0.145. The molecule has 2 heterocycles. The first-order chi connectivity index (χ1) is 14.6. The molecule has 1 aliphatic rings. The average Bonchev–Trinajstić information content (AvgIpc) is 3.23. The van der Waals surface area contributed by atoms with Gasteiger partial charge < -0.3 is 14.6 Å². The lowest BCUT2D eigenvalue weighted by molar-refractivity contribution is -0.113. The van der Waals surface area contributed by atoms with Gasteiger partial charge in [0.1, 0.15) is 5.82 Å². The smallest absolute Gasteiger partial charge is 0.277 e. The lowest BCUT2D eigenvalue weighted by Gasteiger charge is -2.30. The normalized spacial score (nSPS) is 14.0. The topological polar surface area (TPSA) is 71.3 Å². The summed E-state index contributed by atoms with van der Waals surface area (Å²) in [6.45, 7) is 1.93. The molecule has 9 heteroatoms. The molecule has 1 aliphatic heterocycles. The van der Waals surface area contributed by atoms with Gasteiger partial charge in [-0.05, 0) is 61.7 Å². The van der Waals surface area contributed by atoms with Crippen molar-refractivity contribution < 1.29 is 13.6 Å². The van der Waals surface area contributed by atoms with Crippen molar-refractivity contribution in [1.29, 1.82) is 0 Å². The van der Waals surface area contributed by atoms with E-state index in [0.29, 0.717) is 16.3 Å². The van der Waals surface area contributed by atoms with Crippen LogP contribution in [0.3, 0.4) is 0 Å². The van der Waals surface area contributed by atoms with Crippen LogP contribution < -0.4 is 10.2 Å². The van der Waals surface area contributed by atoms with E-state index in [9.17, 15) is 9.18 Å². The number of thioether (sulfide) groups is 1. The number of hydrogen-bond donors (Lipinski definition) is 1. The summed E-state index contributed by atoms with van der Waals surface area (Å²) in [7, 11) is 0. The van der Waals surface area contributed by atoms with Crippen LogP contribution in [0.4, 0.5) is 15.8 Å². The van der Waals surface area contributed by atoms with Crippen LogP contribution in [0.25, 0.3) is 11.5 Å². The van der Waals surface area contributed by atoms with Crippen molar-refractivity contribution in [3.8, 4) is 11.5 Å². The highest BCUT2D eigenvalue weighted by atomic mass is 35.5. The van der Waals surface area contributed by atoms with Crippen molar-refractivity contribution in [3.05, 3.63) is 53.3 Å². The van der Waals surface area contributed by atoms with Crippen LogP contribution in [0, 0.1) is 5.82 Å². The van der Waals surface area contributed by atoms with E-state index in [1.54, 1.807) is 18.2 Å². The molecule has 1 aromatic heterocycles. The Bertz CT molecular complexity index is 1020. The monoisotopic (exact) mass is 446 g/mol. The molecule has 0 radical (unpaired) electrons. The predicted octanol–water partition coefficient (Wildman–Crippen LogP) is 5.25. The summed E-state index contributed by atoms with van der Waals surface area (Å²) < 4.78 is 18.6. The zero-order valence-electron chi connectivity index (χ0n) is 16.1. The van der Waals surface area contributed by atoms with Gasteiger partial charge in [-0.2, -0.15) is 0 Å². The van der Waals surface area contributed by atoms with Crippen LogP contribution in [0.5, 0.6) is 0 Å². The first kappa shape index (κ1) is 20.7. The summed E-state index contributed by atoms with van der Waals surface area (Å²) in [5, 5.41) is 11.7. The zero-order valence-corrected chi connectivity index (χ0v) is 17.7. The molecule has 0 atom stereocenters. The van der Waals surface area contributed by atoms with E-state index in [4.69, 9.17) is 16.0 Å². The third kappa shape index (κ3) is 5.12. The van der Waals surface area contributed by atoms with Gasteiger partial charge in [-0.3, -0.25) is 4.79 Å². The molecule has 1 fully saturated rings. The Hall–Kier alpha value is -2.58. The molecule has 4 rings (SSSR count). The number of carbonyl (C=O) groups excluding carboxylic acids is 1. The van der Waals surface area contributed by atoms with Gasteiger partial charge in [-0.15, -0.1) is 10.2 Å². The lowest BCUT2D eigenvalue weighted by Crippen LogP contribution is -2.30. The largest absolute Gasteiger partial charge is 0.411 e. The average molecular weight is 447 g/mol. The Balaban J connectivity index is 1.38. The maximum absolute atomic E-state index is 13.0. The third-order valence-corrected chi connectivity index (χ3v) is 5.81. The number of benzene rings is 2. The van der Waals surface area contributed by atoms with Gasteiger partial charge in [0.05, 0.1) is 17.1 Å². The van der Waals surface area contributed by atoms with Crippen LogP contribution in [0.1, 0.15) is 19.3 Å². The maximum atomic E-state index is 13.0. The third-order valence-electron chi connectivity index (χ3n) is 4.75. The molecule has 156 valence electrons. The van der Waals surface area contributed by atoms with Crippen LogP contribution >= 0.6 is 23.4 Å². The molecule has 0 spiro atoms. The molecule has 2 aromatic carbocycles. The summed E-state index contributed by atoms with van der Waals surface area (Å²) >= 11 is 7.29. The number of halogens is 2. The minimum absolute atomic E-state index is 0.108. The highest BCUT2D eigenvalue weighted by molar-refractivity contribution is 7.99. The molecule has 1 amide bonds. The Kier molecular flexibility index (Phi) is 6.54. The number of rotatable bonds is 6. The standard InChI is InChI=1S/C21H20ClFN4O2S/c22-15-6-9-18(27-10-2-1-3-11-27)17(12-15)24-19(28)13-30-21-26-25-20(29-21)14-4-7-16(23)8-5-14/h4-9,12H,1-3,10-11,13H2,(H,24,28). The Morgan fingerprint density at radius 1 is 1.13 bits per heavy atom. The second-order valence-electron chi connectivity index (χ2n) is 6.93. The number of aromatic nitrogens is 2. The number of nitrogens with one attached hydrogen (secondary N) is 1. The SMILES string of the molecule is O=C(CSc1nnc(-c2ccc(F)cc2)o1)Nc1cc(Cl)ccc1N1CCCCC1. The fraction of sp³-hybridized carbons (Fsp3) is 0.286. The number of anilines is 2. The number of nitrogens with zero attached hydrogens (tertiary/aromatic N) is 3. The fourth-order valence-electron chi connectivity index (χ4n) is 3.31. The first-order valence-electron chi connectivity index (χ1n) is 9.65. The molecule has 0 unspecified atom stereocenters. The van der Waals surface area contributed by atoms with Gasteiger partial charge in [-0.25, -0.2) is 4.39 Å². The fourth-order valence-corrected chi connectivity index (χ4v) is 4.05. The Morgan fingerprint density at radius 2 is 1.90 bits per heavy atom. The second kappa shape index (κ2) is 9.49. The van der Waals surface area contributed by atoms with Crippen molar-refractivity contribution in [2.45, 2.75) is 24.5 Å². The molecule has 1 N–H and O–H groups in total. The quantitative estimate of drug-likeness (QED) is 0.521. The molecule has 6 nitrogen and oxygen atoms in total. The first-order valence-corrected chi connectivity index (χ1v) is 11.0. The Labute approximate surface area is 182 Å². The van der Waals surface area contributed by atoms with Gasteiger partial charge in [0.15, 0.2) is 0 Å². The van der Waals surface area contributed by atoms with Crippen LogP contribution in [0.2, 0.25) is 5.02 Å². The summed E-state index contributed by atoms with van der Waals surface area (Å²) in [6, 6.07) is 11.3. The predicted molar refractivity (Wildman–Crippen MR) is 117 cm³/mol. The Morgan fingerprint density at radius 3 is 2.67 bits per heavy atom. The number of hydrogen-bond acceptors (Lipinski definition) is 6. The van der Waals surface area contributed by atoms with E-state index >= 15 is 0 Å². The van der Waals surface area contributed by atoms with Gasteiger partial charge >= 0.3 is 0 Å². The van der Waals surface area contributed by atoms with Gasteiger partial charge in [0.2, 0.25) is 11.8 Å². The van der Waals surface area contributed by atoms with Crippen molar-refractivity contribution >= 4 is 40.6 Å². The highest BCUT2D eigenvalue weighted by Crippen LogP contribution is 2.31. The molecule has 3 aromatic rings. The number of amides is 1. The zero-order chi connectivity index (χ0) is 20.9. The summed E-state index contributed by atoms with van der Waals surface area (Å²) in [6.07, 6.45) is 3.51. The van der Waals surface area contributed by atoms with Gasteiger partial charge in [0.25, 0.3) is 5.22 Å². The molecule has 0 saturated carbocycles. The van der Waals surface area contributed by atoms with E-state index in [1.807, 2.05) is 12.1 Å². The van der Waals surface area contributed by atoms with E-state index in [1.165, 1.54) is 18.6 Å². The maximum Gasteiger partial charge on any atom is 0.277 e. The molecular formula is C21H20ClFN4O2S. The van der Waals surface area contributed by atoms with Gasteiger partial charge in [0, 0.05) is 23.7 Å². The molecule has 0 bridgehead atoms. The number of piperidine rings is 1. The second-order valence-corrected chi connectivity index (χ2v) is 8.29.